The summed E-state index contributed by atoms with van der Waals surface area (Å²) in [6.45, 7) is 2.79. The van der Waals surface area contributed by atoms with Crippen molar-refractivity contribution in [1.82, 2.24) is 14.9 Å². The number of pyridine rings is 2. The predicted molar refractivity (Wildman–Crippen MR) is 119 cm³/mol. The van der Waals surface area contributed by atoms with Gasteiger partial charge in [0, 0.05) is 30.7 Å². The number of carbonyl (C=O) groups excluding carboxylic acids is 2. The Kier molecular flexibility index (Phi) is 6.26. The molecule has 32 heavy (non-hydrogen) atoms. The van der Waals surface area contributed by atoms with Crippen LogP contribution < -0.4 is 4.74 Å². The average molecular weight is 429 g/mol. The van der Waals surface area contributed by atoms with Gasteiger partial charge in [-0.1, -0.05) is 13.0 Å². The van der Waals surface area contributed by atoms with Crippen molar-refractivity contribution in [3.05, 3.63) is 95.6 Å². The van der Waals surface area contributed by atoms with E-state index in [1.165, 1.54) is 4.90 Å². The van der Waals surface area contributed by atoms with Gasteiger partial charge in [-0.2, -0.15) is 0 Å². The molecule has 3 aromatic rings. The molecule has 1 unspecified atom stereocenters. The largest absolute Gasteiger partial charge is 0.507 e. The van der Waals surface area contributed by atoms with Crippen molar-refractivity contribution in [2.45, 2.75) is 25.9 Å². The molecule has 0 bridgehead atoms. The molecule has 1 aromatic carbocycles. The van der Waals surface area contributed by atoms with E-state index in [9.17, 15) is 14.7 Å². The zero-order valence-electron chi connectivity index (χ0n) is 17.6. The first-order valence-corrected chi connectivity index (χ1v) is 10.4. The normalized spacial score (nSPS) is 17.5. The lowest BCUT2D eigenvalue weighted by atomic mass is 9.98. The first-order chi connectivity index (χ1) is 15.6. The molecule has 0 aliphatic carbocycles. The molecule has 2 aromatic heterocycles. The lowest BCUT2D eigenvalue weighted by molar-refractivity contribution is -0.140. The van der Waals surface area contributed by atoms with E-state index in [4.69, 9.17) is 4.74 Å². The fourth-order valence-corrected chi connectivity index (χ4v) is 3.66. The fraction of sp³-hybridized carbons (Fsp3) is 0.200. The molecule has 7 nitrogen and oxygen atoms in total. The zero-order chi connectivity index (χ0) is 22.5. The number of aromatic nitrogens is 2. The Labute approximate surface area is 186 Å². The van der Waals surface area contributed by atoms with Gasteiger partial charge in [-0.3, -0.25) is 19.6 Å². The van der Waals surface area contributed by atoms with Crippen LogP contribution in [0.5, 0.6) is 5.75 Å². The minimum absolute atomic E-state index is 0.0185. The summed E-state index contributed by atoms with van der Waals surface area (Å²) in [6.07, 6.45) is 5.74. The van der Waals surface area contributed by atoms with Crippen LogP contribution in [-0.4, -0.2) is 38.3 Å². The number of likely N-dealkylation sites (tertiary alicyclic amines) is 1. The Bertz CT molecular complexity index is 1130. The molecule has 0 spiro atoms. The number of carbonyl (C=O) groups is 2. The van der Waals surface area contributed by atoms with Gasteiger partial charge in [0.25, 0.3) is 11.7 Å². The summed E-state index contributed by atoms with van der Waals surface area (Å²) in [5.74, 6) is -0.985. The number of benzene rings is 1. The van der Waals surface area contributed by atoms with Crippen molar-refractivity contribution in [2.24, 2.45) is 0 Å². The number of ether oxygens (including phenoxy) is 1. The third-order valence-electron chi connectivity index (χ3n) is 5.21. The van der Waals surface area contributed by atoms with Crippen LogP contribution in [0.25, 0.3) is 5.76 Å². The molecule has 4 rings (SSSR count). The minimum Gasteiger partial charge on any atom is -0.507 e. The number of nitrogens with zero attached hydrogens (tertiary/aromatic N) is 3. The Morgan fingerprint density at radius 1 is 1.03 bits per heavy atom. The van der Waals surface area contributed by atoms with Crippen molar-refractivity contribution in [2.75, 3.05) is 6.61 Å². The van der Waals surface area contributed by atoms with Crippen LogP contribution in [0.4, 0.5) is 0 Å². The lowest BCUT2D eigenvalue weighted by Gasteiger charge is -2.24. The second-order valence-corrected chi connectivity index (χ2v) is 7.41. The van der Waals surface area contributed by atoms with Crippen molar-refractivity contribution < 1.29 is 19.4 Å². The van der Waals surface area contributed by atoms with E-state index < -0.39 is 17.7 Å². The van der Waals surface area contributed by atoms with E-state index in [1.807, 2.05) is 6.92 Å². The number of Topliss-reactive ketones (excluding diaryl/α,β-unsaturated/α-hetero) is 1. The Hall–Kier alpha value is -4.00. The van der Waals surface area contributed by atoms with Crippen molar-refractivity contribution in [3.8, 4) is 5.75 Å². The molecule has 1 aliphatic rings. The van der Waals surface area contributed by atoms with Gasteiger partial charge in [-0.15, -0.1) is 0 Å². The first-order valence-electron chi connectivity index (χ1n) is 10.4. The quantitative estimate of drug-likeness (QED) is 0.348. The van der Waals surface area contributed by atoms with Gasteiger partial charge in [-0.05, 0) is 60.5 Å². The Morgan fingerprint density at radius 2 is 1.78 bits per heavy atom. The highest BCUT2D eigenvalue weighted by Crippen LogP contribution is 2.39. The number of hydrogen-bond donors (Lipinski definition) is 1. The molecule has 162 valence electrons. The molecule has 0 saturated carbocycles. The van der Waals surface area contributed by atoms with E-state index in [-0.39, 0.29) is 17.9 Å². The highest BCUT2D eigenvalue weighted by atomic mass is 16.5. The summed E-state index contributed by atoms with van der Waals surface area (Å²) >= 11 is 0. The second-order valence-electron chi connectivity index (χ2n) is 7.41. The summed E-state index contributed by atoms with van der Waals surface area (Å²) in [5, 5.41) is 11.1. The zero-order valence-corrected chi connectivity index (χ0v) is 17.6. The van der Waals surface area contributed by atoms with Crippen LogP contribution in [0.1, 0.15) is 36.2 Å². The van der Waals surface area contributed by atoms with Gasteiger partial charge >= 0.3 is 0 Å². The topological polar surface area (TPSA) is 92.6 Å². The molecular weight excluding hydrogens is 406 g/mol. The SMILES string of the molecule is CCCOc1ccc(/C(O)=C2/C(=O)C(=O)N(Cc3ccncc3)C2c2ccccn2)cc1. The maximum Gasteiger partial charge on any atom is 0.296 e. The van der Waals surface area contributed by atoms with Gasteiger partial charge < -0.3 is 14.7 Å². The molecule has 7 heteroatoms. The molecule has 1 amide bonds. The van der Waals surface area contributed by atoms with Gasteiger partial charge in [0.1, 0.15) is 17.6 Å². The Morgan fingerprint density at radius 3 is 2.44 bits per heavy atom. The first kappa shape index (κ1) is 21.2. The predicted octanol–water partition coefficient (Wildman–Crippen LogP) is 3.89. The third kappa shape index (κ3) is 4.23. The van der Waals surface area contributed by atoms with Gasteiger partial charge in [0.2, 0.25) is 0 Å². The number of aliphatic hydroxyl groups excluding tert-OH is 1. The van der Waals surface area contributed by atoms with Crippen LogP contribution in [0.15, 0.2) is 78.8 Å². The van der Waals surface area contributed by atoms with Crippen molar-refractivity contribution in [3.63, 3.8) is 0 Å². The Balaban J connectivity index is 1.76. The number of hydrogen-bond acceptors (Lipinski definition) is 6. The molecule has 1 saturated heterocycles. The summed E-state index contributed by atoms with van der Waals surface area (Å²) in [5.41, 5.74) is 1.77. The average Bonchev–Trinajstić information content (AvgIpc) is 3.09. The second kappa shape index (κ2) is 9.43. The van der Waals surface area contributed by atoms with Crippen molar-refractivity contribution in [1.29, 1.82) is 0 Å². The van der Waals surface area contributed by atoms with Crippen LogP contribution in [-0.2, 0) is 16.1 Å². The monoisotopic (exact) mass is 429 g/mol. The van der Waals surface area contributed by atoms with Gasteiger partial charge in [0.15, 0.2) is 0 Å². The van der Waals surface area contributed by atoms with Gasteiger partial charge in [0.05, 0.1) is 17.9 Å². The molecule has 1 fully saturated rings. The molecule has 1 N–H and O–H groups in total. The summed E-state index contributed by atoms with van der Waals surface area (Å²) < 4.78 is 5.59. The molecule has 1 aliphatic heterocycles. The van der Waals surface area contributed by atoms with E-state index in [2.05, 4.69) is 9.97 Å². The molecule has 3 heterocycles. The van der Waals surface area contributed by atoms with Crippen molar-refractivity contribution >= 4 is 17.4 Å². The number of rotatable bonds is 7. The lowest BCUT2D eigenvalue weighted by Crippen LogP contribution is -2.29. The maximum absolute atomic E-state index is 13.0. The van der Waals surface area contributed by atoms with Gasteiger partial charge in [-0.25, -0.2) is 0 Å². The summed E-state index contributed by atoms with van der Waals surface area (Å²) in [4.78, 5) is 35.8. The standard InChI is InChI=1S/C25H23N3O4/c1-2-15-32-19-8-6-18(7-9-19)23(29)21-22(20-5-3-4-12-27-20)28(25(31)24(21)30)16-17-10-13-26-14-11-17/h3-14,22,29H,2,15-16H2,1H3/b23-21-. The van der Waals surface area contributed by atoms with E-state index >= 15 is 0 Å². The highest BCUT2D eigenvalue weighted by molar-refractivity contribution is 6.46. The maximum atomic E-state index is 13.0. The fourth-order valence-electron chi connectivity index (χ4n) is 3.66. The smallest absolute Gasteiger partial charge is 0.296 e. The number of ketones is 1. The van der Waals surface area contributed by atoms with Crippen LogP contribution in [0, 0.1) is 0 Å². The third-order valence-corrected chi connectivity index (χ3v) is 5.21. The van der Waals surface area contributed by atoms with E-state index in [0.717, 1.165) is 12.0 Å². The summed E-state index contributed by atoms with van der Waals surface area (Å²) in [7, 11) is 0. The van der Waals surface area contributed by atoms with Crippen LogP contribution in [0.3, 0.4) is 0 Å². The number of amides is 1. The van der Waals surface area contributed by atoms with E-state index in [1.54, 1.807) is 73.2 Å². The molecular formula is C25H23N3O4. The number of aliphatic hydroxyl groups is 1. The minimum atomic E-state index is -0.805. The molecule has 1 atom stereocenters. The van der Waals surface area contributed by atoms with Crippen LogP contribution >= 0.6 is 0 Å². The highest BCUT2D eigenvalue weighted by Gasteiger charge is 2.46. The summed E-state index contributed by atoms with van der Waals surface area (Å²) in [6, 6.07) is 14.8. The van der Waals surface area contributed by atoms with E-state index in [0.29, 0.717) is 23.6 Å². The van der Waals surface area contributed by atoms with Crippen LogP contribution in [0.2, 0.25) is 0 Å². The molecule has 0 radical (unpaired) electrons.